The first-order chi connectivity index (χ1) is 9.53. The van der Waals surface area contributed by atoms with Gasteiger partial charge in [-0.25, -0.2) is 17.5 Å². The van der Waals surface area contributed by atoms with Crippen molar-refractivity contribution in [3.8, 4) is 0 Å². The van der Waals surface area contributed by atoms with Crippen LogP contribution in [-0.2, 0) is 23.0 Å². The third kappa shape index (κ3) is 3.38. The fraction of sp³-hybridized carbons (Fsp3) is 0.273. The number of hydrogen-bond acceptors (Lipinski definition) is 6. The van der Waals surface area contributed by atoms with Crippen molar-refractivity contribution in [3.63, 3.8) is 0 Å². The molecule has 0 saturated carbocycles. The molecule has 1 aromatic heterocycles. The number of nitrogens with zero attached hydrogens (tertiary/aromatic N) is 2. The number of rotatable bonds is 6. The lowest BCUT2D eigenvalue weighted by molar-refractivity contribution is 0.410. The van der Waals surface area contributed by atoms with Gasteiger partial charge < -0.3 is 10.3 Å². The summed E-state index contributed by atoms with van der Waals surface area (Å²) in [6, 6.07) is 3.48. The van der Waals surface area contributed by atoms with E-state index in [4.69, 9.17) is 5.73 Å². The number of hydrogen-bond donors (Lipinski definition) is 2. The molecule has 0 atom stereocenters. The lowest BCUT2D eigenvalue weighted by Crippen LogP contribution is -2.26. The molecule has 0 radical (unpaired) electrons. The largest absolute Gasteiger partial charge is 0.343 e. The summed E-state index contributed by atoms with van der Waals surface area (Å²) in [6.45, 7) is 0.0370. The Kier molecular flexibility index (Phi) is 4.42. The van der Waals surface area contributed by atoms with Gasteiger partial charge in [0.1, 0.15) is 5.82 Å². The van der Waals surface area contributed by atoms with Crippen molar-refractivity contribution in [1.29, 1.82) is 0 Å². The van der Waals surface area contributed by atoms with Crippen molar-refractivity contribution in [2.75, 3.05) is 6.54 Å². The van der Waals surface area contributed by atoms with Crippen LogP contribution in [-0.4, -0.2) is 25.1 Å². The van der Waals surface area contributed by atoms with E-state index in [0.29, 0.717) is 12.2 Å². The van der Waals surface area contributed by atoms with Crippen LogP contribution in [0.1, 0.15) is 11.4 Å². The average Bonchev–Trinajstić information content (AvgIpc) is 2.92. The zero-order valence-corrected chi connectivity index (χ0v) is 11.2. The Morgan fingerprint density at radius 2 is 2.20 bits per heavy atom. The van der Waals surface area contributed by atoms with E-state index >= 15 is 0 Å². The molecule has 0 aliphatic carbocycles. The first-order valence-corrected chi connectivity index (χ1v) is 7.24. The molecule has 3 N–H and O–H groups in total. The van der Waals surface area contributed by atoms with E-state index in [1.165, 1.54) is 12.1 Å². The normalized spacial score (nSPS) is 11.7. The maximum Gasteiger partial charge on any atom is 0.240 e. The Labute approximate surface area is 115 Å². The zero-order chi connectivity index (χ0) is 14.6. The van der Waals surface area contributed by atoms with Crippen molar-refractivity contribution in [2.45, 2.75) is 17.9 Å². The summed E-state index contributed by atoms with van der Waals surface area (Å²) in [6.07, 6.45) is 1.46. The van der Waals surface area contributed by atoms with E-state index in [9.17, 15) is 12.8 Å². The number of nitrogens with two attached hydrogens (primary N) is 1. The summed E-state index contributed by atoms with van der Waals surface area (Å²) in [5, 5.41) is 3.56. The first-order valence-electron chi connectivity index (χ1n) is 5.76. The summed E-state index contributed by atoms with van der Waals surface area (Å²) in [7, 11) is -3.72. The van der Waals surface area contributed by atoms with Crippen molar-refractivity contribution in [1.82, 2.24) is 14.9 Å². The highest BCUT2D eigenvalue weighted by molar-refractivity contribution is 7.89. The lowest BCUT2D eigenvalue weighted by Gasteiger charge is -2.07. The zero-order valence-electron chi connectivity index (χ0n) is 10.4. The monoisotopic (exact) mass is 300 g/mol. The third-order valence-corrected chi connectivity index (χ3v) is 4.05. The van der Waals surface area contributed by atoms with Crippen LogP contribution in [0.4, 0.5) is 4.39 Å². The minimum atomic E-state index is -3.72. The molecule has 0 amide bonds. The van der Waals surface area contributed by atoms with Gasteiger partial charge in [-0.1, -0.05) is 5.16 Å². The second-order valence-electron chi connectivity index (χ2n) is 3.95. The second-order valence-corrected chi connectivity index (χ2v) is 5.72. The Morgan fingerprint density at radius 1 is 1.40 bits per heavy atom. The summed E-state index contributed by atoms with van der Waals surface area (Å²) in [5.74, 6) is -0.132. The molecule has 7 nitrogen and oxygen atoms in total. The van der Waals surface area contributed by atoms with Gasteiger partial charge in [0, 0.05) is 25.1 Å². The van der Waals surface area contributed by atoms with E-state index in [-0.39, 0.29) is 23.5 Å². The number of halogens is 1. The highest BCUT2D eigenvalue weighted by atomic mass is 32.2. The van der Waals surface area contributed by atoms with Crippen molar-refractivity contribution < 1.29 is 17.3 Å². The van der Waals surface area contributed by atoms with E-state index in [0.717, 1.165) is 12.5 Å². The molecule has 0 fully saturated rings. The predicted octanol–water partition coefficient (Wildman–Crippen LogP) is 0.188. The van der Waals surface area contributed by atoms with Gasteiger partial charge in [-0.05, 0) is 18.2 Å². The minimum Gasteiger partial charge on any atom is -0.343 e. The Bertz CT molecular complexity index is 673. The van der Waals surface area contributed by atoms with Crippen LogP contribution >= 0.6 is 0 Å². The summed E-state index contributed by atoms with van der Waals surface area (Å²) < 4.78 is 44.2. The molecule has 0 aliphatic rings. The number of benzene rings is 1. The summed E-state index contributed by atoms with van der Waals surface area (Å²) in [4.78, 5) is 3.73. The molecule has 20 heavy (non-hydrogen) atoms. The Hall–Kier alpha value is -1.84. The van der Waals surface area contributed by atoms with Gasteiger partial charge in [0.2, 0.25) is 16.4 Å². The highest BCUT2D eigenvalue weighted by Crippen LogP contribution is 2.14. The van der Waals surface area contributed by atoms with Crippen LogP contribution in [0.5, 0.6) is 0 Å². The number of nitrogens with one attached hydrogen (secondary N) is 1. The second kappa shape index (κ2) is 6.07. The molecule has 0 unspecified atom stereocenters. The van der Waals surface area contributed by atoms with Crippen LogP contribution in [0.3, 0.4) is 0 Å². The fourth-order valence-corrected chi connectivity index (χ4v) is 2.64. The molecule has 2 rings (SSSR count). The predicted molar refractivity (Wildman–Crippen MR) is 67.5 cm³/mol. The number of aromatic nitrogens is 2. The molecular formula is C11H13FN4O3S. The standard InChI is InChI=1S/C11H13FN4O3S/c12-10-2-1-9(5-8(10)6-13)20(17,18)15-4-3-11-14-7-19-16-11/h1-2,5,7,15H,3-4,6,13H2. The maximum absolute atomic E-state index is 13.3. The van der Waals surface area contributed by atoms with Gasteiger partial charge in [0.25, 0.3) is 0 Å². The smallest absolute Gasteiger partial charge is 0.240 e. The SMILES string of the molecule is NCc1cc(S(=O)(=O)NCCc2ncon2)ccc1F. The van der Waals surface area contributed by atoms with Crippen LogP contribution in [0.2, 0.25) is 0 Å². The molecule has 2 aromatic rings. The molecule has 0 saturated heterocycles. The van der Waals surface area contributed by atoms with E-state index in [1.54, 1.807) is 0 Å². The van der Waals surface area contributed by atoms with Crippen molar-refractivity contribution in [3.05, 3.63) is 41.8 Å². The summed E-state index contributed by atoms with van der Waals surface area (Å²) in [5.41, 5.74) is 5.49. The Morgan fingerprint density at radius 3 is 2.85 bits per heavy atom. The summed E-state index contributed by atoms with van der Waals surface area (Å²) >= 11 is 0. The van der Waals surface area contributed by atoms with E-state index < -0.39 is 15.8 Å². The Balaban J connectivity index is 2.06. The van der Waals surface area contributed by atoms with Crippen LogP contribution < -0.4 is 10.5 Å². The minimum absolute atomic E-state index is 0.0348. The first kappa shape index (κ1) is 14.6. The molecular weight excluding hydrogens is 287 g/mol. The van der Waals surface area contributed by atoms with Crippen molar-refractivity contribution >= 4 is 10.0 Å². The van der Waals surface area contributed by atoms with Gasteiger partial charge in [0.15, 0.2) is 5.82 Å². The molecule has 0 spiro atoms. The molecule has 108 valence electrons. The van der Waals surface area contributed by atoms with Gasteiger partial charge in [-0.3, -0.25) is 0 Å². The third-order valence-electron chi connectivity index (χ3n) is 2.60. The topological polar surface area (TPSA) is 111 Å². The quantitative estimate of drug-likeness (QED) is 0.787. The molecule has 0 aliphatic heterocycles. The lowest BCUT2D eigenvalue weighted by atomic mass is 10.2. The molecule has 9 heteroatoms. The van der Waals surface area contributed by atoms with Gasteiger partial charge in [-0.15, -0.1) is 0 Å². The average molecular weight is 300 g/mol. The molecule has 0 bridgehead atoms. The van der Waals surface area contributed by atoms with Crippen LogP contribution in [0.25, 0.3) is 0 Å². The number of sulfonamides is 1. The van der Waals surface area contributed by atoms with Crippen LogP contribution in [0.15, 0.2) is 34.0 Å². The highest BCUT2D eigenvalue weighted by Gasteiger charge is 2.15. The molecule has 1 aromatic carbocycles. The van der Waals surface area contributed by atoms with E-state index in [1.807, 2.05) is 0 Å². The van der Waals surface area contributed by atoms with Gasteiger partial charge in [-0.2, -0.15) is 4.98 Å². The van der Waals surface area contributed by atoms with Crippen molar-refractivity contribution in [2.24, 2.45) is 5.73 Å². The molecule has 1 heterocycles. The van der Waals surface area contributed by atoms with E-state index in [2.05, 4.69) is 19.4 Å². The van der Waals surface area contributed by atoms with Crippen LogP contribution in [0, 0.1) is 5.82 Å². The van der Waals surface area contributed by atoms with Gasteiger partial charge in [0.05, 0.1) is 4.90 Å². The fourth-order valence-electron chi connectivity index (χ4n) is 1.56. The van der Waals surface area contributed by atoms with Gasteiger partial charge >= 0.3 is 0 Å². The maximum atomic E-state index is 13.3.